The Hall–Kier alpha value is -5.81. The Kier molecular flexibility index (Phi) is 10.1. The molecule has 11 heteroatoms. The van der Waals surface area contributed by atoms with E-state index in [4.69, 9.17) is 21.1 Å². The normalized spacial score (nSPS) is 16.8. The van der Waals surface area contributed by atoms with Crippen molar-refractivity contribution >= 4 is 45.7 Å². The van der Waals surface area contributed by atoms with Crippen LogP contribution < -0.4 is 14.4 Å². The van der Waals surface area contributed by atoms with Crippen LogP contribution in [0.2, 0.25) is 5.02 Å². The van der Waals surface area contributed by atoms with Crippen LogP contribution in [0.4, 0.5) is 11.4 Å². The Bertz CT molecular complexity index is 2530. The molecule has 296 valence electrons. The van der Waals surface area contributed by atoms with Gasteiger partial charge in [0.1, 0.15) is 5.75 Å². The summed E-state index contributed by atoms with van der Waals surface area (Å²) in [5.74, 6) is 0.849. The molecule has 3 aliphatic heterocycles. The zero-order valence-corrected chi connectivity index (χ0v) is 33.7. The number of aromatic hydroxyl groups is 1. The lowest BCUT2D eigenvalue weighted by molar-refractivity contribution is 0.0535. The van der Waals surface area contributed by atoms with Gasteiger partial charge in [-0.3, -0.25) is 19.4 Å². The van der Waals surface area contributed by atoms with Crippen molar-refractivity contribution in [3.05, 3.63) is 142 Å². The number of hydrogen-bond donors (Lipinski definition) is 1. The van der Waals surface area contributed by atoms with Crippen LogP contribution in [-0.4, -0.2) is 88.8 Å². The van der Waals surface area contributed by atoms with Crippen molar-refractivity contribution in [1.82, 2.24) is 19.3 Å². The molecule has 0 unspecified atom stereocenters. The minimum atomic E-state index is -0.303. The number of anilines is 2. The average molecular weight is 796 g/mol. The van der Waals surface area contributed by atoms with E-state index < -0.39 is 0 Å². The monoisotopic (exact) mass is 795 g/mol. The maximum atomic E-state index is 15.3. The molecular weight excluding hydrogens is 750 g/mol. The molecule has 1 saturated heterocycles. The minimum Gasteiger partial charge on any atom is -0.506 e. The lowest BCUT2D eigenvalue weighted by Crippen LogP contribution is -2.53. The molecule has 0 bridgehead atoms. The highest BCUT2D eigenvalue weighted by Gasteiger charge is 2.35. The average Bonchev–Trinajstić information content (AvgIpc) is 3.87. The van der Waals surface area contributed by atoms with Crippen molar-refractivity contribution in [1.29, 1.82) is 0 Å². The molecule has 4 heterocycles. The summed E-state index contributed by atoms with van der Waals surface area (Å²) in [7, 11) is 2.15. The molecule has 5 aromatic carbocycles. The fraction of sp³-hybridized carbons (Fsp3) is 0.277. The van der Waals surface area contributed by atoms with Crippen molar-refractivity contribution in [2.75, 3.05) is 51.5 Å². The number of nitrogens with zero attached hydrogens (tertiary/aromatic N) is 5. The lowest BCUT2D eigenvalue weighted by Gasteiger charge is -2.41. The molecule has 2 amide bonds. The molecule has 6 aromatic rings. The minimum absolute atomic E-state index is 0.0459. The summed E-state index contributed by atoms with van der Waals surface area (Å²) < 4.78 is 13.7. The smallest absolute Gasteiger partial charge is 0.265 e. The van der Waals surface area contributed by atoms with Crippen LogP contribution in [0.25, 0.3) is 16.6 Å². The molecule has 1 atom stereocenters. The van der Waals surface area contributed by atoms with Gasteiger partial charge < -0.3 is 28.9 Å². The highest BCUT2D eigenvalue weighted by Crippen LogP contribution is 2.41. The second-order valence-corrected chi connectivity index (χ2v) is 16.2. The fourth-order valence-corrected chi connectivity index (χ4v) is 8.64. The van der Waals surface area contributed by atoms with Gasteiger partial charge in [0.05, 0.1) is 33.0 Å². The third-order valence-corrected chi connectivity index (χ3v) is 12.1. The first-order chi connectivity index (χ1) is 28.1. The molecule has 1 N–H and O–H groups in total. The Morgan fingerprint density at radius 3 is 2.26 bits per heavy atom. The molecule has 9 rings (SSSR count). The van der Waals surface area contributed by atoms with E-state index in [9.17, 15) is 5.11 Å². The van der Waals surface area contributed by atoms with E-state index in [1.165, 1.54) is 11.6 Å². The summed E-state index contributed by atoms with van der Waals surface area (Å²) in [6.07, 6.45) is 2.57. The zero-order chi connectivity index (χ0) is 40.1. The van der Waals surface area contributed by atoms with Crippen molar-refractivity contribution in [2.45, 2.75) is 38.8 Å². The maximum Gasteiger partial charge on any atom is 0.265 e. The Morgan fingerprint density at radius 1 is 0.828 bits per heavy atom. The number of carbonyl (C=O) groups excluding carboxylic acids is 2. The Balaban J connectivity index is 1.16. The van der Waals surface area contributed by atoms with Gasteiger partial charge in [0.25, 0.3) is 11.8 Å². The number of phenols is 1. The van der Waals surface area contributed by atoms with Crippen molar-refractivity contribution in [3.63, 3.8) is 0 Å². The highest BCUT2D eigenvalue weighted by molar-refractivity contribution is 6.32. The van der Waals surface area contributed by atoms with Gasteiger partial charge in [0.2, 0.25) is 6.79 Å². The Labute approximate surface area is 343 Å². The van der Waals surface area contributed by atoms with Gasteiger partial charge in [0, 0.05) is 68.6 Å². The van der Waals surface area contributed by atoms with E-state index in [-0.39, 0.29) is 35.4 Å². The summed E-state index contributed by atoms with van der Waals surface area (Å²) in [5.41, 5.74) is 6.90. The largest absolute Gasteiger partial charge is 0.506 e. The number of piperazine rings is 1. The van der Waals surface area contributed by atoms with Crippen LogP contribution >= 0.6 is 11.6 Å². The highest BCUT2D eigenvalue weighted by atomic mass is 35.5. The number of ether oxygens (including phenoxy) is 2. The van der Waals surface area contributed by atoms with Crippen molar-refractivity contribution in [2.24, 2.45) is 0 Å². The van der Waals surface area contributed by atoms with E-state index in [0.717, 1.165) is 55.8 Å². The van der Waals surface area contributed by atoms with Crippen LogP contribution in [0.15, 0.2) is 109 Å². The van der Waals surface area contributed by atoms with Gasteiger partial charge in [-0.15, -0.1) is 0 Å². The van der Waals surface area contributed by atoms with E-state index in [1.54, 1.807) is 23.1 Å². The number of amides is 2. The molecule has 1 aromatic heterocycles. The fourth-order valence-electron chi connectivity index (χ4n) is 8.47. The van der Waals surface area contributed by atoms with E-state index in [0.29, 0.717) is 57.5 Å². The zero-order valence-electron chi connectivity index (χ0n) is 32.9. The number of halogens is 1. The van der Waals surface area contributed by atoms with Crippen LogP contribution in [-0.2, 0) is 13.0 Å². The molecule has 10 nitrogen and oxygen atoms in total. The number of fused-ring (bicyclic) bond motifs is 3. The van der Waals surface area contributed by atoms with Crippen molar-refractivity contribution < 1.29 is 24.2 Å². The summed E-state index contributed by atoms with van der Waals surface area (Å²) in [5, 5.41) is 11.2. The van der Waals surface area contributed by atoms with Crippen LogP contribution in [0, 0.1) is 0 Å². The van der Waals surface area contributed by atoms with E-state index >= 15 is 9.59 Å². The summed E-state index contributed by atoms with van der Waals surface area (Å²) >= 11 is 6.44. The number of phenolic OH excluding ortho intramolecular Hbond substituents is 1. The summed E-state index contributed by atoms with van der Waals surface area (Å²) in [6, 6.07) is 32.4. The van der Waals surface area contributed by atoms with Crippen LogP contribution in [0.3, 0.4) is 0 Å². The summed E-state index contributed by atoms with van der Waals surface area (Å²) in [6.45, 7) is 9.44. The molecular formula is C47H46ClN5O5. The van der Waals surface area contributed by atoms with Gasteiger partial charge >= 0.3 is 0 Å². The second kappa shape index (κ2) is 15.5. The van der Waals surface area contributed by atoms with Gasteiger partial charge in [-0.2, -0.15) is 0 Å². The number of rotatable bonds is 8. The molecule has 58 heavy (non-hydrogen) atoms. The van der Waals surface area contributed by atoms with Gasteiger partial charge in [-0.25, -0.2) is 0 Å². The van der Waals surface area contributed by atoms with Crippen molar-refractivity contribution in [3.8, 4) is 22.9 Å². The quantitative estimate of drug-likeness (QED) is 0.165. The number of likely N-dealkylation sites (N-methyl/N-ethyl adjacent to an activating group) is 1. The maximum absolute atomic E-state index is 15.3. The number of benzene rings is 5. The van der Waals surface area contributed by atoms with Gasteiger partial charge in [-0.1, -0.05) is 80.0 Å². The molecule has 0 aliphatic carbocycles. The number of aromatic nitrogens is 1. The predicted molar refractivity (Wildman–Crippen MR) is 227 cm³/mol. The van der Waals surface area contributed by atoms with Crippen LogP contribution in [0.1, 0.15) is 57.2 Å². The first-order valence-electron chi connectivity index (χ1n) is 19.9. The van der Waals surface area contributed by atoms with Crippen LogP contribution in [0.5, 0.6) is 17.2 Å². The van der Waals surface area contributed by atoms with E-state index in [1.807, 2.05) is 76.3 Å². The van der Waals surface area contributed by atoms with E-state index in [2.05, 4.69) is 48.9 Å². The number of hydrogen-bond acceptors (Lipinski definition) is 7. The number of carbonyl (C=O) groups is 2. The molecule has 0 spiro atoms. The molecule has 3 aliphatic rings. The SMILES string of the molecule is CC(C)c1ccc(N(C(=O)c2cn(-c3cc4c(cc3C(=O)N3Cc5ccccc5C[C@H]3CN3CCN(C)CC3)OCO4)c3ccccc23)c2ccc(O)c(Cl)c2)cc1. The first-order valence-corrected chi connectivity index (χ1v) is 20.3. The molecule has 0 saturated carbocycles. The third kappa shape index (κ3) is 7.06. The second-order valence-electron chi connectivity index (χ2n) is 15.8. The molecule has 1 fully saturated rings. The van der Waals surface area contributed by atoms with Gasteiger partial charge in [0.15, 0.2) is 11.5 Å². The number of para-hydroxylation sites is 1. The lowest BCUT2D eigenvalue weighted by atomic mass is 9.92. The van der Waals surface area contributed by atoms with Gasteiger partial charge in [-0.05, 0) is 78.5 Å². The Morgan fingerprint density at radius 2 is 1.52 bits per heavy atom. The topological polar surface area (TPSA) is 90.7 Å². The standard InChI is InChI=1S/C47H46ClN5O5/c1-30(2)31-12-14-34(15-13-31)53(35-16-17-43(54)40(48)23-35)47(56)39-28-52(41-11-7-6-10-37(39)41)42-25-45-44(57-29-58-45)24-38(42)46(55)51-26-33-9-5-4-8-32(33)22-36(51)27-50-20-18-49(3)19-21-50/h4-17,23-25,28,30,36,54H,18-22,26-27,29H2,1-3H3/t36-/m0/s1. The first kappa shape index (κ1) is 37.7. The summed E-state index contributed by atoms with van der Waals surface area (Å²) in [4.78, 5) is 38.9. The predicted octanol–water partition coefficient (Wildman–Crippen LogP) is 8.63. The molecule has 0 radical (unpaired) electrons. The third-order valence-electron chi connectivity index (χ3n) is 11.8.